The summed E-state index contributed by atoms with van der Waals surface area (Å²) in [5, 5.41) is 5.56. The number of carbonyl (C=O) groups is 1. The SMILES string of the molecule is Cc1ccc(NC(=O)NC2CC23CCOCC3)cc1S(=O)(=O)C1CCCC1. The average Bonchev–Trinajstić information content (AvgIpc) is 3.06. The zero-order chi connectivity index (χ0) is 19.1. The summed E-state index contributed by atoms with van der Waals surface area (Å²) >= 11 is 0. The molecule has 27 heavy (non-hydrogen) atoms. The minimum absolute atomic E-state index is 0.188. The third kappa shape index (κ3) is 3.72. The summed E-state index contributed by atoms with van der Waals surface area (Å²) in [7, 11) is -3.35. The van der Waals surface area contributed by atoms with Crippen LogP contribution < -0.4 is 10.6 Å². The molecule has 3 fully saturated rings. The fourth-order valence-electron chi connectivity index (χ4n) is 4.57. The highest BCUT2D eigenvalue weighted by Crippen LogP contribution is 2.53. The highest BCUT2D eigenvalue weighted by molar-refractivity contribution is 7.92. The molecule has 2 aliphatic carbocycles. The molecule has 6 nitrogen and oxygen atoms in total. The van der Waals surface area contributed by atoms with Gasteiger partial charge in [0.2, 0.25) is 0 Å². The number of anilines is 1. The first-order chi connectivity index (χ1) is 12.9. The van der Waals surface area contributed by atoms with Crippen molar-refractivity contribution in [2.75, 3.05) is 18.5 Å². The lowest BCUT2D eigenvalue weighted by atomic mass is 9.96. The van der Waals surface area contributed by atoms with Gasteiger partial charge in [0.15, 0.2) is 9.84 Å². The first-order valence-electron chi connectivity index (χ1n) is 9.91. The zero-order valence-corrected chi connectivity index (χ0v) is 16.6. The number of amides is 2. The Bertz CT molecular complexity index is 824. The smallest absolute Gasteiger partial charge is 0.319 e. The Balaban J connectivity index is 1.43. The normalized spacial score (nSPS) is 24.7. The molecule has 0 radical (unpaired) electrons. The summed E-state index contributed by atoms with van der Waals surface area (Å²) < 4.78 is 31.3. The minimum Gasteiger partial charge on any atom is -0.381 e. The molecule has 2 amide bonds. The Hall–Kier alpha value is -1.60. The maximum Gasteiger partial charge on any atom is 0.319 e. The Morgan fingerprint density at radius 3 is 2.59 bits per heavy atom. The van der Waals surface area contributed by atoms with Crippen molar-refractivity contribution < 1.29 is 17.9 Å². The molecule has 1 saturated heterocycles. The van der Waals surface area contributed by atoms with E-state index in [4.69, 9.17) is 4.74 Å². The van der Waals surface area contributed by atoms with E-state index in [9.17, 15) is 13.2 Å². The molecule has 1 aromatic rings. The highest BCUT2D eigenvalue weighted by atomic mass is 32.2. The van der Waals surface area contributed by atoms with Gasteiger partial charge in [0.05, 0.1) is 10.1 Å². The number of carbonyl (C=O) groups excluding carboxylic acids is 1. The van der Waals surface area contributed by atoms with Crippen molar-refractivity contribution in [3.63, 3.8) is 0 Å². The molecule has 1 spiro atoms. The van der Waals surface area contributed by atoms with Gasteiger partial charge in [-0.15, -0.1) is 0 Å². The Morgan fingerprint density at radius 1 is 1.19 bits per heavy atom. The third-order valence-electron chi connectivity index (χ3n) is 6.48. The van der Waals surface area contributed by atoms with Gasteiger partial charge >= 0.3 is 6.03 Å². The third-order valence-corrected chi connectivity index (χ3v) is 8.88. The fraction of sp³-hybridized carbons (Fsp3) is 0.650. The van der Waals surface area contributed by atoms with E-state index in [-0.39, 0.29) is 22.7 Å². The molecule has 2 saturated carbocycles. The second kappa shape index (κ2) is 7.09. The molecular weight excluding hydrogens is 364 g/mol. The lowest BCUT2D eigenvalue weighted by molar-refractivity contribution is 0.0548. The molecule has 2 N–H and O–H groups in total. The van der Waals surface area contributed by atoms with E-state index in [0.717, 1.165) is 63.7 Å². The average molecular weight is 393 g/mol. The van der Waals surface area contributed by atoms with Crippen LogP contribution in [0.2, 0.25) is 0 Å². The van der Waals surface area contributed by atoms with E-state index < -0.39 is 9.84 Å². The van der Waals surface area contributed by atoms with E-state index >= 15 is 0 Å². The molecule has 1 aliphatic heterocycles. The molecule has 4 rings (SSSR count). The van der Waals surface area contributed by atoms with Crippen molar-refractivity contribution in [1.82, 2.24) is 5.32 Å². The fourth-order valence-corrected chi connectivity index (χ4v) is 6.69. The van der Waals surface area contributed by atoms with Crippen LogP contribution in [0.15, 0.2) is 23.1 Å². The quantitative estimate of drug-likeness (QED) is 0.822. The van der Waals surface area contributed by atoms with Gasteiger partial charge in [-0.1, -0.05) is 18.9 Å². The predicted octanol–water partition coefficient (Wildman–Crippen LogP) is 3.40. The van der Waals surface area contributed by atoms with Crippen molar-refractivity contribution >= 4 is 21.6 Å². The molecule has 1 unspecified atom stereocenters. The van der Waals surface area contributed by atoms with Gasteiger partial charge in [-0.05, 0) is 62.1 Å². The standard InChI is InChI=1S/C20H28N2O4S/c1-14-6-7-15(12-17(14)27(24,25)16-4-2-3-5-16)21-19(23)22-18-13-20(18)8-10-26-11-9-20/h6-7,12,16,18H,2-5,8-11,13H2,1H3,(H2,21,22,23). The van der Waals surface area contributed by atoms with E-state index in [0.29, 0.717) is 10.6 Å². The number of ether oxygens (including phenoxy) is 1. The maximum atomic E-state index is 12.9. The number of aryl methyl sites for hydroxylation is 1. The van der Waals surface area contributed by atoms with Crippen molar-refractivity contribution in [3.8, 4) is 0 Å². The molecule has 1 heterocycles. The largest absolute Gasteiger partial charge is 0.381 e. The molecule has 0 bridgehead atoms. The predicted molar refractivity (Wildman–Crippen MR) is 104 cm³/mol. The van der Waals surface area contributed by atoms with Gasteiger partial charge in [-0.25, -0.2) is 13.2 Å². The minimum atomic E-state index is -3.35. The van der Waals surface area contributed by atoms with Crippen molar-refractivity contribution in [2.24, 2.45) is 5.41 Å². The van der Waals surface area contributed by atoms with Crippen LogP contribution in [0, 0.1) is 12.3 Å². The van der Waals surface area contributed by atoms with Crippen LogP contribution in [0.25, 0.3) is 0 Å². The van der Waals surface area contributed by atoms with Crippen LogP contribution in [0.1, 0.15) is 50.5 Å². The summed E-state index contributed by atoms with van der Waals surface area (Å²) in [6, 6.07) is 5.07. The first kappa shape index (κ1) is 18.7. The van der Waals surface area contributed by atoms with Crippen LogP contribution in [-0.4, -0.2) is 39.0 Å². The molecule has 1 aromatic carbocycles. The molecule has 0 aromatic heterocycles. The maximum absolute atomic E-state index is 12.9. The van der Waals surface area contributed by atoms with Crippen LogP contribution in [0.5, 0.6) is 0 Å². The van der Waals surface area contributed by atoms with E-state index in [1.54, 1.807) is 18.2 Å². The summed E-state index contributed by atoms with van der Waals surface area (Å²) in [6.07, 6.45) is 6.38. The van der Waals surface area contributed by atoms with Crippen molar-refractivity contribution in [1.29, 1.82) is 0 Å². The Labute approximate surface area is 161 Å². The Morgan fingerprint density at radius 2 is 1.89 bits per heavy atom. The summed E-state index contributed by atoms with van der Waals surface area (Å²) in [6.45, 7) is 3.34. The van der Waals surface area contributed by atoms with Crippen LogP contribution in [0.3, 0.4) is 0 Å². The van der Waals surface area contributed by atoms with Gasteiger partial charge in [0.1, 0.15) is 0 Å². The Kier molecular flexibility index (Phi) is 4.93. The van der Waals surface area contributed by atoms with E-state index in [2.05, 4.69) is 10.6 Å². The molecule has 148 valence electrons. The van der Waals surface area contributed by atoms with Gasteiger partial charge in [-0.3, -0.25) is 0 Å². The second-order valence-corrected chi connectivity index (χ2v) is 10.5. The molecule has 7 heteroatoms. The van der Waals surface area contributed by atoms with Gasteiger partial charge in [0.25, 0.3) is 0 Å². The number of hydrogen-bond acceptors (Lipinski definition) is 4. The van der Waals surface area contributed by atoms with Crippen LogP contribution in [0.4, 0.5) is 10.5 Å². The molecule has 1 atom stereocenters. The number of sulfone groups is 1. The number of hydrogen-bond donors (Lipinski definition) is 2. The van der Waals surface area contributed by atoms with Crippen LogP contribution in [-0.2, 0) is 14.6 Å². The molecule has 3 aliphatic rings. The van der Waals surface area contributed by atoms with E-state index in [1.165, 1.54) is 0 Å². The monoisotopic (exact) mass is 392 g/mol. The van der Waals surface area contributed by atoms with Gasteiger partial charge in [-0.2, -0.15) is 0 Å². The second-order valence-electron chi connectivity index (χ2n) is 8.26. The lowest BCUT2D eigenvalue weighted by Crippen LogP contribution is -2.35. The van der Waals surface area contributed by atoms with Crippen molar-refractivity contribution in [3.05, 3.63) is 23.8 Å². The topological polar surface area (TPSA) is 84.5 Å². The zero-order valence-electron chi connectivity index (χ0n) is 15.8. The summed E-state index contributed by atoms with van der Waals surface area (Å²) in [5.74, 6) is 0. The number of nitrogens with one attached hydrogen (secondary N) is 2. The summed E-state index contributed by atoms with van der Waals surface area (Å²) in [4.78, 5) is 12.7. The van der Waals surface area contributed by atoms with E-state index in [1.807, 2.05) is 6.92 Å². The number of rotatable bonds is 4. The van der Waals surface area contributed by atoms with Crippen molar-refractivity contribution in [2.45, 2.75) is 68.1 Å². The number of urea groups is 1. The summed E-state index contributed by atoms with van der Waals surface area (Å²) in [5.41, 5.74) is 1.47. The lowest BCUT2D eigenvalue weighted by Gasteiger charge is -2.23. The first-order valence-corrected chi connectivity index (χ1v) is 11.5. The van der Waals surface area contributed by atoms with Gasteiger partial charge < -0.3 is 15.4 Å². The highest BCUT2D eigenvalue weighted by Gasteiger charge is 2.55. The number of benzene rings is 1. The molecular formula is C20H28N2O4S. The van der Waals surface area contributed by atoms with Gasteiger partial charge in [0, 0.05) is 24.9 Å². The van der Waals surface area contributed by atoms with Crippen LogP contribution >= 0.6 is 0 Å².